The van der Waals surface area contributed by atoms with E-state index in [2.05, 4.69) is 15.0 Å². The van der Waals surface area contributed by atoms with Crippen molar-refractivity contribution in [2.75, 3.05) is 11.9 Å². The lowest BCUT2D eigenvalue weighted by Gasteiger charge is -2.09. The molecule has 0 aromatic carbocycles. The van der Waals surface area contributed by atoms with Gasteiger partial charge in [-0.05, 0) is 12.1 Å². The topological polar surface area (TPSA) is 78.2 Å². The van der Waals surface area contributed by atoms with Crippen LogP contribution in [0.5, 0.6) is 5.88 Å². The Labute approximate surface area is 122 Å². The van der Waals surface area contributed by atoms with Crippen molar-refractivity contribution in [1.29, 1.82) is 0 Å². The highest BCUT2D eigenvalue weighted by Gasteiger charge is 2.28. The van der Waals surface area contributed by atoms with Crippen LogP contribution in [0.15, 0.2) is 42.7 Å². The molecule has 6 nitrogen and oxygen atoms in total. The molecule has 0 unspecified atom stereocenters. The first-order valence-corrected chi connectivity index (χ1v) is 6.00. The third-order valence-electron chi connectivity index (χ3n) is 2.43. The second-order valence-corrected chi connectivity index (χ2v) is 4.15. The van der Waals surface area contributed by atoms with Crippen molar-refractivity contribution in [2.45, 2.75) is 6.18 Å². The summed E-state index contributed by atoms with van der Waals surface area (Å²) in [4.78, 5) is 15.5. The number of ether oxygens (including phenoxy) is 1. The van der Waals surface area contributed by atoms with E-state index in [1.807, 2.05) is 0 Å². The number of hydrogen-bond acceptors (Lipinski definition) is 4. The van der Waals surface area contributed by atoms with Crippen molar-refractivity contribution < 1.29 is 27.4 Å². The number of aromatic nitrogens is 2. The molecule has 0 atom stereocenters. The predicted octanol–water partition coefficient (Wildman–Crippen LogP) is 1.91. The molecule has 0 aliphatic carbocycles. The van der Waals surface area contributed by atoms with Gasteiger partial charge in [-0.3, -0.25) is 4.79 Å². The van der Waals surface area contributed by atoms with Gasteiger partial charge in [0.05, 0.1) is 11.9 Å². The van der Waals surface area contributed by atoms with E-state index in [4.69, 9.17) is 0 Å². The number of hydrogen-bond donors (Lipinski definition) is 1. The van der Waals surface area contributed by atoms with Crippen LogP contribution < -0.4 is 14.8 Å². The lowest BCUT2D eigenvalue weighted by molar-refractivity contribution is -0.607. The van der Waals surface area contributed by atoms with Crippen LogP contribution in [0.4, 0.5) is 18.9 Å². The van der Waals surface area contributed by atoms with Crippen LogP contribution in [-0.4, -0.2) is 23.7 Å². The molecular formula is C13H10F3N3O3. The molecule has 0 saturated carbocycles. The highest BCUT2D eigenvalue weighted by Crippen LogP contribution is 2.18. The van der Waals surface area contributed by atoms with Gasteiger partial charge in [-0.25, -0.2) is 4.98 Å². The normalized spacial score (nSPS) is 11.0. The number of carbonyl (C=O) groups excluding carboxylic acids is 1. The second kappa shape index (κ2) is 6.29. The van der Waals surface area contributed by atoms with Crippen LogP contribution in [0.3, 0.4) is 0 Å². The van der Waals surface area contributed by atoms with E-state index in [0.717, 1.165) is 6.20 Å². The van der Waals surface area contributed by atoms with Crippen LogP contribution in [0.1, 0.15) is 10.5 Å². The van der Waals surface area contributed by atoms with Crippen molar-refractivity contribution in [2.24, 2.45) is 0 Å². The first-order chi connectivity index (χ1) is 10.3. The molecule has 0 bridgehead atoms. The molecule has 1 amide bonds. The average Bonchev–Trinajstić information content (AvgIpc) is 2.46. The predicted molar refractivity (Wildman–Crippen MR) is 69.1 cm³/mol. The maximum Gasteiger partial charge on any atom is 0.422 e. The standard InChI is InChI=1S/C13H10F3N3O3/c14-13(15,16)8-22-11-5-4-9(7-17-11)18-12(20)10-3-1-2-6-19(10)21/h1-7H,8H2,(H,18,20). The van der Waals surface area contributed by atoms with E-state index in [1.54, 1.807) is 0 Å². The Hall–Kier alpha value is -2.84. The van der Waals surface area contributed by atoms with Crippen LogP contribution >= 0.6 is 0 Å². The molecule has 22 heavy (non-hydrogen) atoms. The molecule has 116 valence electrons. The summed E-state index contributed by atoms with van der Waals surface area (Å²) in [6, 6.07) is 6.82. The zero-order valence-electron chi connectivity index (χ0n) is 11.0. The Bertz CT molecular complexity index is 660. The Morgan fingerprint density at radius 3 is 2.68 bits per heavy atom. The molecule has 2 aromatic heterocycles. The quantitative estimate of drug-likeness (QED) is 0.691. The molecule has 1 N–H and O–H groups in total. The summed E-state index contributed by atoms with van der Waals surface area (Å²) < 4.78 is 40.8. The Morgan fingerprint density at radius 2 is 2.09 bits per heavy atom. The Kier molecular flexibility index (Phi) is 4.44. The first-order valence-electron chi connectivity index (χ1n) is 6.00. The number of nitrogens with one attached hydrogen (secondary N) is 1. The molecule has 9 heteroatoms. The average molecular weight is 313 g/mol. The molecule has 0 aliphatic rings. The molecular weight excluding hydrogens is 303 g/mol. The Balaban J connectivity index is 1.99. The van der Waals surface area contributed by atoms with Crippen molar-refractivity contribution in [3.63, 3.8) is 0 Å². The number of amides is 1. The van der Waals surface area contributed by atoms with Crippen LogP contribution in [0.25, 0.3) is 0 Å². The summed E-state index contributed by atoms with van der Waals surface area (Å²) >= 11 is 0. The summed E-state index contributed by atoms with van der Waals surface area (Å²) in [7, 11) is 0. The zero-order chi connectivity index (χ0) is 16.2. The van der Waals surface area contributed by atoms with E-state index in [0.29, 0.717) is 4.73 Å². The fourth-order valence-electron chi connectivity index (χ4n) is 1.49. The van der Waals surface area contributed by atoms with Gasteiger partial charge in [-0.15, -0.1) is 0 Å². The fourth-order valence-corrected chi connectivity index (χ4v) is 1.49. The lowest BCUT2D eigenvalue weighted by atomic mass is 10.3. The third-order valence-corrected chi connectivity index (χ3v) is 2.43. The van der Waals surface area contributed by atoms with Crippen molar-refractivity contribution in [1.82, 2.24) is 4.98 Å². The molecule has 0 saturated heterocycles. The van der Waals surface area contributed by atoms with Crippen molar-refractivity contribution >= 4 is 11.6 Å². The van der Waals surface area contributed by atoms with E-state index in [-0.39, 0.29) is 17.3 Å². The van der Waals surface area contributed by atoms with Gasteiger partial charge in [-0.1, -0.05) is 0 Å². The molecule has 0 aliphatic heterocycles. The number of pyridine rings is 2. The van der Waals surface area contributed by atoms with Crippen molar-refractivity contribution in [3.05, 3.63) is 53.6 Å². The summed E-state index contributed by atoms with van der Waals surface area (Å²) in [5.41, 5.74) is 0.0908. The van der Waals surface area contributed by atoms with Crippen LogP contribution in [0, 0.1) is 5.21 Å². The van der Waals surface area contributed by atoms with E-state index in [1.165, 1.54) is 36.5 Å². The van der Waals surface area contributed by atoms with Crippen molar-refractivity contribution in [3.8, 4) is 5.88 Å². The molecule has 0 spiro atoms. The largest absolute Gasteiger partial charge is 0.618 e. The van der Waals surface area contributed by atoms with Gasteiger partial charge in [0.2, 0.25) is 5.88 Å². The van der Waals surface area contributed by atoms with E-state index in [9.17, 15) is 23.2 Å². The second-order valence-electron chi connectivity index (χ2n) is 4.15. The fraction of sp³-hybridized carbons (Fsp3) is 0.154. The summed E-state index contributed by atoms with van der Waals surface area (Å²) in [6.45, 7) is -1.45. The maximum absolute atomic E-state index is 12.0. The van der Waals surface area contributed by atoms with Gasteiger partial charge in [0, 0.05) is 18.2 Å². The zero-order valence-corrected chi connectivity index (χ0v) is 11.0. The van der Waals surface area contributed by atoms with E-state index < -0.39 is 18.7 Å². The summed E-state index contributed by atoms with van der Waals surface area (Å²) in [5.74, 6) is -0.893. The Morgan fingerprint density at radius 1 is 1.32 bits per heavy atom. The monoisotopic (exact) mass is 313 g/mol. The number of anilines is 1. The number of carbonyl (C=O) groups is 1. The molecule has 2 heterocycles. The maximum atomic E-state index is 12.0. The number of halogens is 3. The number of alkyl halides is 3. The van der Waals surface area contributed by atoms with Gasteiger partial charge in [0.25, 0.3) is 5.69 Å². The minimum Gasteiger partial charge on any atom is -0.618 e. The lowest BCUT2D eigenvalue weighted by Crippen LogP contribution is -2.36. The minimum absolute atomic E-state index is 0.125. The van der Waals surface area contributed by atoms with Crippen LogP contribution in [0.2, 0.25) is 0 Å². The molecule has 2 rings (SSSR count). The van der Waals surface area contributed by atoms with Gasteiger partial charge < -0.3 is 15.3 Å². The summed E-state index contributed by atoms with van der Waals surface area (Å²) in [5, 5.41) is 13.8. The highest BCUT2D eigenvalue weighted by atomic mass is 19.4. The third kappa shape index (κ3) is 4.33. The molecule has 2 aromatic rings. The SMILES string of the molecule is O=C(Nc1ccc(OCC(F)(F)F)nc1)c1cccc[n+]1[O-]. The number of nitrogens with zero attached hydrogens (tertiary/aromatic N) is 2. The van der Waals surface area contributed by atoms with E-state index >= 15 is 0 Å². The molecule has 0 fully saturated rings. The first kappa shape index (κ1) is 15.5. The van der Waals surface area contributed by atoms with Gasteiger partial charge in [0.15, 0.2) is 12.8 Å². The molecule has 0 radical (unpaired) electrons. The van der Waals surface area contributed by atoms with Gasteiger partial charge in [0.1, 0.15) is 0 Å². The number of rotatable bonds is 4. The highest BCUT2D eigenvalue weighted by molar-refractivity contribution is 6.01. The smallest absolute Gasteiger partial charge is 0.422 e. The van der Waals surface area contributed by atoms with Gasteiger partial charge in [-0.2, -0.15) is 17.9 Å². The van der Waals surface area contributed by atoms with Crippen LogP contribution in [-0.2, 0) is 0 Å². The van der Waals surface area contributed by atoms with Gasteiger partial charge >= 0.3 is 12.1 Å². The summed E-state index contributed by atoms with van der Waals surface area (Å²) in [6.07, 6.45) is -2.16. The minimum atomic E-state index is -4.45.